The molecule has 42 heavy (non-hydrogen) atoms. The highest BCUT2D eigenvalue weighted by molar-refractivity contribution is 8.76. The summed E-state index contributed by atoms with van der Waals surface area (Å²) in [6.07, 6.45) is -5.37. The van der Waals surface area contributed by atoms with Gasteiger partial charge in [0.1, 0.15) is 24.2 Å². The maximum absolute atomic E-state index is 13.9. The van der Waals surface area contributed by atoms with Crippen LogP contribution in [0.4, 0.5) is 4.79 Å². The second-order valence-corrected chi connectivity index (χ2v) is 14.1. The van der Waals surface area contributed by atoms with E-state index in [0.29, 0.717) is 32.0 Å². The van der Waals surface area contributed by atoms with Crippen molar-refractivity contribution in [2.24, 2.45) is 17.3 Å². The Labute approximate surface area is 250 Å². The Kier molecular flexibility index (Phi) is 8.63. The van der Waals surface area contributed by atoms with E-state index in [1.807, 2.05) is 0 Å². The standard InChI is InChI=1S/C26H37N3O11S2/c1-26-8-14-22(39-11-38-14)23(16(26)24(35)27-17-15(26)18(31)20(33)21(34)19(17)32)40-25(36)29-3-2-28(4-6-37-7-5-30)12-9-41-42-10-13(12)29/h8,12-13,15-21,30-34H,2-7,9-11H2,1H3,(H,27,35)/t12?,13?,15-,16?,17-,18+,19-,20-,21-,26?/m0/s1. The summed E-state index contributed by atoms with van der Waals surface area (Å²) in [6, 6.07) is -1.16. The molecule has 6 aliphatic rings. The van der Waals surface area contributed by atoms with Crippen LogP contribution in [0.2, 0.25) is 0 Å². The monoisotopic (exact) mass is 631 g/mol. The van der Waals surface area contributed by atoms with Crippen molar-refractivity contribution in [1.82, 2.24) is 15.1 Å². The number of nitrogens with one attached hydrogen (secondary N) is 1. The lowest BCUT2D eigenvalue weighted by molar-refractivity contribution is -0.203. The molecule has 6 N–H and O–H groups in total. The summed E-state index contributed by atoms with van der Waals surface area (Å²) in [6.45, 7) is 3.87. The molecule has 6 rings (SSSR count). The first-order valence-corrected chi connectivity index (χ1v) is 16.6. The van der Waals surface area contributed by atoms with Crippen LogP contribution in [0.15, 0.2) is 23.4 Å². The van der Waals surface area contributed by atoms with E-state index >= 15 is 0 Å². The number of carbonyl (C=O) groups is 2. The molecule has 14 nitrogen and oxygen atoms in total. The van der Waals surface area contributed by atoms with Crippen molar-refractivity contribution in [1.29, 1.82) is 0 Å². The third kappa shape index (κ3) is 4.98. The third-order valence-electron chi connectivity index (χ3n) is 9.35. The number of allylic oxidation sites excluding steroid dienone is 1. The predicted molar refractivity (Wildman–Crippen MR) is 148 cm³/mol. The molecule has 4 aliphatic heterocycles. The Hall–Kier alpha value is -1.76. The molecule has 0 aromatic rings. The molecule has 0 aromatic carbocycles. The van der Waals surface area contributed by atoms with Crippen LogP contribution >= 0.6 is 21.6 Å². The Bertz CT molecular complexity index is 1140. The van der Waals surface area contributed by atoms with E-state index < -0.39 is 59.7 Å². The minimum Gasteiger partial charge on any atom is -0.454 e. The third-order valence-corrected chi connectivity index (χ3v) is 11.8. The molecule has 4 heterocycles. The van der Waals surface area contributed by atoms with Crippen LogP contribution in [0.5, 0.6) is 0 Å². The minimum absolute atomic E-state index is 0.0385. The normalized spacial score (nSPS) is 41.4. The molecule has 16 heteroatoms. The zero-order chi connectivity index (χ0) is 29.8. The molecule has 234 valence electrons. The summed E-state index contributed by atoms with van der Waals surface area (Å²) in [7, 11) is 3.42. The van der Waals surface area contributed by atoms with Gasteiger partial charge in [-0.1, -0.05) is 28.5 Å². The molecular weight excluding hydrogens is 594 g/mol. The highest BCUT2D eigenvalue weighted by Crippen LogP contribution is 2.55. The lowest BCUT2D eigenvalue weighted by atomic mass is 9.54. The summed E-state index contributed by atoms with van der Waals surface area (Å²) >= 11 is 0. The second kappa shape index (κ2) is 12.0. The number of rotatable bonds is 6. The molecular formula is C26H37N3O11S2. The Morgan fingerprint density at radius 3 is 2.57 bits per heavy atom. The van der Waals surface area contributed by atoms with E-state index in [0.717, 1.165) is 5.75 Å². The smallest absolute Gasteiger partial charge is 0.415 e. The van der Waals surface area contributed by atoms with Gasteiger partial charge in [-0.05, 0) is 6.08 Å². The molecule has 1 saturated carbocycles. The summed E-state index contributed by atoms with van der Waals surface area (Å²) in [5.41, 5.74) is -1.27. The predicted octanol–water partition coefficient (Wildman–Crippen LogP) is -1.81. The first-order valence-electron chi connectivity index (χ1n) is 14.1. The molecule has 0 bridgehead atoms. The molecule has 2 amide bonds. The average Bonchev–Trinajstić information content (AvgIpc) is 3.44. The Balaban J connectivity index is 1.26. The quantitative estimate of drug-likeness (QED) is 0.142. The summed E-state index contributed by atoms with van der Waals surface area (Å²) in [5, 5.41) is 54.3. The van der Waals surface area contributed by atoms with Gasteiger partial charge in [0.05, 0.1) is 38.0 Å². The van der Waals surface area contributed by atoms with Crippen LogP contribution in [0, 0.1) is 17.3 Å². The Morgan fingerprint density at radius 1 is 1.07 bits per heavy atom. The van der Waals surface area contributed by atoms with Crippen LogP contribution in [-0.4, -0.2) is 148 Å². The second-order valence-electron chi connectivity index (χ2n) is 11.6. The number of aliphatic hydroxyl groups excluding tert-OH is 5. The largest absolute Gasteiger partial charge is 0.454 e. The zero-order valence-electron chi connectivity index (χ0n) is 23.0. The van der Waals surface area contributed by atoms with Gasteiger partial charge in [0.25, 0.3) is 0 Å². The first kappa shape index (κ1) is 30.3. The van der Waals surface area contributed by atoms with Gasteiger partial charge in [-0.3, -0.25) is 9.69 Å². The fraction of sp³-hybridized carbons (Fsp3) is 0.769. The van der Waals surface area contributed by atoms with E-state index in [4.69, 9.17) is 24.1 Å². The highest BCUT2D eigenvalue weighted by Gasteiger charge is 2.65. The van der Waals surface area contributed by atoms with E-state index in [-0.39, 0.29) is 49.4 Å². The van der Waals surface area contributed by atoms with Crippen molar-refractivity contribution >= 4 is 33.6 Å². The van der Waals surface area contributed by atoms with Crippen LogP contribution in [0.25, 0.3) is 0 Å². The van der Waals surface area contributed by atoms with Crippen molar-refractivity contribution in [3.63, 3.8) is 0 Å². The number of nitrogens with zero attached hydrogens (tertiary/aromatic N) is 2. The van der Waals surface area contributed by atoms with Crippen LogP contribution < -0.4 is 5.32 Å². The van der Waals surface area contributed by atoms with E-state index in [9.17, 15) is 30.0 Å². The number of aliphatic hydroxyl groups is 5. The van der Waals surface area contributed by atoms with Crippen LogP contribution in [-0.2, 0) is 23.7 Å². The lowest BCUT2D eigenvalue weighted by Crippen LogP contribution is -2.74. The lowest BCUT2D eigenvalue weighted by Gasteiger charge is -2.56. The maximum atomic E-state index is 13.9. The molecule has 0 spiro atoms. The van der Waals surface area contributed by atoms with Gasteiger partial charge in [0, 0.05) is 48.5 Å². The van der Waals surface area contributed by atoms with Gasteiger partial charge < -0.3 is 54.7 Å². The fourth-order valence-corrected chi connectivity index (χ4v) is 9.99. The number of hydrogen-bond donors (Lipinski definition) is 6. The van der Waals surface area contributed by atoms with Crippen molar-refractivity contribution in [3.8, 4) is 0 Å². The molecule has 10 atom stereocenters. The highest BCUT2D eigenvalue weighted by atomic mass is 33.1. The molecule has 5 fully saturated rings. The topological polar surface area (TPSA) is 191 Å². The van der Waals surface area contributed by atoms with Gasteiger partial charge in [-0.15, -0.1) is 0 Å². The average molecular weight is 632 g/mol. The molecule has 0 radical (unpaired) electrons. The van der Waals surface area contributed by atoms with Gasteiger partial charge in [-0.2, -0.15) is 0 Å². The van der Waals surface area contributed by atoms with E-state index in [1.165, 1.54) is 0 Å². The molecule has 4 saturated heterocycles. The molecule has 4 unspecified atom stereocenters. The van der Waals surface area contributed by atoms with Crippen molar-refractivity contribution in [3.05, 3.63) is 23.4 Å². The molecule has 0 aromatic heterocycles. The number of carbonyl (C=O) groups excluding carboxylic acids is 2. The van der Waals surface area contributed by atoms with Gasteiger partial charge in [0.2, 0.25) is 18.5 Å². The van der Waals surface area contributed by atoms with Gasteiger partial charge >= 0.3 is 6.09 Å². The minimum atomic E-state index is -1.66. The van der Waals surface area contributed by atoms with Crippen molar-refractivity contribution in [2.45, 2.75) is 49.5 Å². The number of piperazine rings is 1. The van der Waals surface area contributed by atoms with Gasteiger partial charge in [-0.25, -0.2) is 4.79 Å². The van der Waals surface area contributed by atoms with Crippen molar-refractivity contribution in [2.75, 3.05) is 57.8 Å². The number of ether oxygens (including phenoxy) is 4. The van der Waals surface area contributed by atoms with Crippen LogP contribution in [0.3, 0.4) is 0 Å². The zero-order valence-corrected chi connectivity index (χ0v) is 24.7. The maximum Gasteiger partial charge on any atom is 0.415 e. The summed E-state index contributed by atoms with van der Waals surface area (Å²) in [5.74, 6) is -0.881. The summed E-state index contributed by atoms with van der Waals surface area (Å²) < 4.78 is 22.9. The van der Waals surface area contributed by atoms with Gasteiger partial charge in [0.15, 0.2) is 11.5 Å². The Morgan fingerprint density at radius 2 is 1.81 bits per heavy atom. The number of hydrogen-bond acceptors (Lipinski definition) is 14. The van der Waals surface area contributed by atoms with E-state index in [2.05, 4.69) is 10.2 Å². The SMILES string of the molecule is CC12C=C3OCOC3=C(OC(=O)N3CCN(CCOCCO)C4CSSCC43)C1C(=O)N[C@@H]1[C@H](O)[C@H](O)[C@@H](O)[C@H](O)[C@H]12. The number of piperidine rings is 1. The number of amides is 2. The number of fused-ring (bicyclic) bond motifs is 5. The fourth-order valence-electron chi connectivity index (χ4n) is 7.27. The first-order chi connectivity index (χ1) is 20.2. The van der Waals surface area contributed by atoms with E-state index in [1.54, 1.807) is 39.5 Å². The van der Waals surface area contributed by atoms with Crippen molar-refractivity contribution < 1.29 is 54.1 Å². The molecule has 2 aliphatic carbocycles. The van der Waals surface area contributed by atoms with Crippen LogP contribution in [0.1, 0.15) is 6.92 Å². The summed E-state index contributed by atoms with van der Waals surface area (Å²) in [4.78, 5) is 31.5.